The first kappa shape index (κ1) is 17.1. The molecule has 2 aliphatic rings. The zero-order valence-corrected chi connectivity index (χ0v) is 13.9. The first-order valence-corrected chi connectivity index (χ1v) is 9.64. The summed E-state index contributed by atoms with van der Waals surface area (Å²) in [7, 11) is -2.80. The third-order valence-corrected chi connectivity index (χ3v) is 5.97. The van der Waals surface area contributed by atoms with Crippen molar-refractivity contribution in [3.8, 4) is 0 Å². The number of rotatable bonds is 6. The summed E-state index contributed by atoms with van der Waals surface area (Å²) in [5.74, 6) is 0.654. The normalized spacial score (nSPS) is 29.0. The van der Waals surface area contributed by atoms with Gasteiger partial charge in [0.05, 0.1) is 30.3 Å². The van der Waals surface area contributed by atoms with Crippen LogP contribution in [0.5, 0.6) is 0 Å². The van der Waals surface area contributed by atoms with Crippen molar-refractivity contribution in [3.63, 3.8) is 0 Å². The monoisotopic (exact) mass is 320 g/mol. The SMILES string of the molecule is CC(C)OC[C@@H](O)CN1CCN([C@@H]2CCS(=O)(=O)C2)CC1. The molecule has 0 spiro atoms. The fraction of sp³-hybridized carbons (Fsp3) is 1.00. The Labute approximate surface area is 128 Å². The molecule has 0 radical (unpaired) electrons. The molecule has 6 nitrogen and oxygen atoms in total. The third kappa shape index (κ3) is 5.49. The van der Waals surface area contributed by atoms with E-state index in [0.29, 0.717) is 24.7 Å². The van der Waals surface area contributed by atoms with Crippen LogP contribution in [0.3, 0.4) is 0 Å². The van der Waals surface area contributed by atoms with Gasteiger partial charge >= 0.3 is 0 Å². The quantitative estimate of drug-likeness (QED) is 0.717. The molecule has 21 heavy (non-hydrogen) atoms. The maximum absolute atomic E-state index is 11.5. The second kappa shape index (κ2) is 7.37. The van der Waals surface area contributed by atoms with Gasteiger partial charge in [-0.15, -0.1) is 0 Å². The van der Waals surface area contributed by atoms with Crippen molar-refractivity contribution < 1.29 is 18.3 Å². The number of aliphatic hydroxyl groups is 1. The molecule has 0 aromatic rings. The highest BCUT2D eigenvalue weighted by Crippen LogP contribution is 2.19. The number of sulfone groups is 1. The molecule has 1 N–H and O–H groups in total. The molecule has 0 aliphatic carbocycles. The van der Waals surface area contributed by atoms with Gasteiger partial charge in [-0.3, -0.25) is 9.80 Å². The molecule has 7 heteroatoms. The zero-order chi connectivity index (χ0) is 15.5. The molecule has 2 heterocycles. The largest absolute Gasteiger partial charge is 0.389 e. The number of ether oxygens (including phenoxy) is 1. The van der Waals surface area contributed by atoms with Crippen molar-refractivity contribution >= 4 is 9.84 Å². The Kier molecular flexibility index (Phi) is 6.02. The number of aliphatic hydroxyl groups excluding tert-OH is 1. The summed E-state index contributed by atoms with van der Waals surface area (Å²) in [6.45, 7) is 8.46. The maximum Gasteiger partial charge on any atom is 0.151 e. The summed E-state index contributed by atoms with van der Waals surface area (Å²) in [4.78, 5) is 4.52. The number of hydrogen-bond acceptors (Lipinski definition) is 6. The molecular weight excluding hydrogens is 292 g/mol. The Balaban J connectivity index is 1.69. The van der Waals surface area contributed by atoms with Crippen molar-refractivity contribution in [1.82, 2.24) is 9.80 Å². The first-order chi connectivity index (χ1) is 9.85. The lowest BCUT2D eigenvalue weighted by molar-refractivity contribution is -0.0161. The average Bonchev–Trinajstić information content (AvgIpc) is 2.78. The lowest BCUT2D eigenvalue weighted by Gasteiger charge is -2.38. The van der Waals surface area contributed by atoms with Gasteiger partial charge < -0.3 is 9.84 Å². The molecule has 0 bridgehead atoms. The Morgan fingerprint density at radius 1 is 1.24 bits per heavy atom. The van der Waals surface area contributed by atoms with Gasteiger partial charge in [-0.1, -0.05) is 0 Å². The first-order valence-electron chi connectivity index (χ1n) is 7.82. The Hall–Kier alpha value is -0.210. The van der Waals surface area contributed by atoms with Crippen LogP contribution in [-0.4, -0.2) is 92.4 Å². The van der Waals surface area contributed by atoms with Gasteiger partial charge in [-0.05, 0) is 20.3 Å². The van der Waals surface area contributed by atoms with Crippen molar-refractivity contribution in [1.29, 1.82) is 0 Å². The lowest BCUT2D eigenvalue weighted by atomic mass is 10.2. The molecule has 0 aromatic heterocycles. The van der Waals surface area contributed by atoms with E-state index in [0.717, 1.165) is 32.6 Å². The summed E-state index contributed by atoms with van der Waals surface area (Å²) in [5, 5.41) is 9.94. The van der Waals surface area contributed by atoms with Gasteiger partial charge in [-0.25, -0.2) is 8.42 Å². The number of nitrogens with zero attached hydrogens (tertiary/aromatic N) is 2. The summed E-state index contributed by atoms with van der Waals surface area (Å²) in [6.07, 6.45) is 0.458. The molecule has 2 fully saturated rings. The van der Waals surface area contributed by atoms with Crippen molar-refractivity contribution in [2.24, 2.45) is 0 Å². The number of piperazine rings is 1. The highest BCUT2D eigenvalue weighted by molar-refractivity contribution is 7.91. The van der Waals surface area contributed by atoms with Crippen molar-refractivity contribution in [3.05, 3.63) is 0 Å². The van der Waals surface area contributed by atoms with E-state index in [9.17, 15) is 13.5 Å². The van der Waals surface area contributed by atoms with Crippen molar-refractivity contribution in [2.75, 3.05) is 50.8 Å². The Bertz CT molecular complexity index is 419. The molecule has 0 unspecified atom stereocenters. The van der Waals surface area contributed by atoms with Crippen LogP contribution in [0.2, 0.25) is 0 Å². The minimum atomic E-state index is -2.80. The zero-order valence-electron chi connectivity index (χ0n) is 13.1. The summed E-state index contributed by atoms with van der Waals surface area (Å²) in [6, 6.07) is 0.200. The topological polar surface area (TPSA) is 70.1 Å². The van der Waals surface area contributed by atoms with Gasteiger partial charge in [0.1, 0.15) is 0 Å². The molecule has 2 rings (SSSR count). The summed E-state index contributed by atoms with van der Waals surface area (Å²) in [5.41, 5.74) is 0. The van der Waals surface area contributed by atoms with Crippen LogP contribution in [0.25, 0.3) is 0 Å². The predicted octanol–water partition coefficient (Wildman–Crippen LogP) is -0.423. The molecule has 124 valence electrons. The second-order valence-corrected chi connectivity index (χ2v) is 8.66. The predicted molar refractivity (Wildman–Crippen MR) is 82.2 cm³/mol. The minimum absolute atomic E-state index is 0.140. The van der Waals surface area contributed by atoms with E-state index in [2.05, 4.69) is 9.80 Å². The van der Waals surface area contributed by atoms with Crippen LogP contribution in [0.15, 0.2) is 0 Å². The lowest BCUT2D eigenvalue weighted by Crippen LogP contribution is -2.52. The molecule has 2 aliphatic heterocycles. The Morgan fingerprint density at radius 3 is 2.43 bits per heavy atom. The van der Waals surface area contributed by atoms with Gasteiger partial charge in [0.2, 0.25) is 0 Å². The fourth-order valence-corrected chi connectivity index (χ4v) is 4.79. The van der Waals surface area contributed by atoms with Crippen LogP contribution in [0.4, 0.5) is 0 Å². The van der Waals surface area contributed by atoms with E-state index in [-0.39, 0.29) is 12.1 Å². The third-order valence-electron chi connectivity index (χ3n) is 4.22. The fourth-order valence-electron chi connectivity index (χ4n) is 3.03. The average molecular weight is 320 g/mol. The van der Waals surface area contributed by atoms with Gasteiger partial charge in [0, 0.05) is 38.8 Å². The van der Waals surface area contributed by atoms with Gasteiger partial charge in [-0.2, -0.15) is 0 Å². The Morgan fingerprint density at radius 2 is 1.90 bits per heavy atom. The smallest absolute Gasteiger partial charge is 0.151 e. The number of β-amino-alcohol motifs (C(OH)–C–C–N with tert-alkyl or cyclic N) is 1. The number of hydrogen-bond donors (Lipinski definition) is 1. The standard InChI is InChI=1S/C14H28N2O4S/c1-12(2)20-10-14(17)9-15-4-6-16(7-5-15)13-3-8-21(18,19)11-13/h12-14,17H,3-11H2,1-2H3/t13-,14+/m1/s1. The van der Waals surface area contributed by atoms with E-state index in [4.69, 9.17) is 4.74 Å². The van der Waals surface area contributed by atoms with Crippen molar-refractivity contribution in [2.45, 2.75) is 38.5 Å². The maximum atomic E-state index is 11.5. The summed E-state index contributed by atoms with van der Waals surface area (Å²) < 4.78 is 28.5. The molecule has 0 amide bonds. The van der Waals surface area contributed by atoms with Crippen LogP contribution in [0.1, 0.15) is 20.3 Å². The molecular formula is C14H28N2O4S. The van der Waals surface area contributed by atoms with E-state index in [1.807, 2.05) is 13.8 Å². The molecule has 0 aromatic carbocycles. The van der Waals surface area contributed by atoms with Crippen LogP contribution in [0, 0.1) is 0 Å². The molecule has 2 atom stereocenters. The van der Waals surface area contributed by atoms with E-state index >= 15 is 0 Å². The molecule has 2 saturated heterocycles. The van der Waals surface area contributed by atoms with Gasteiger partial charge in [0.15, 0.2) is 9.84 Å². The van der Waals surface area contributed by atoms with Crippen LogP contribution >= 0.6 is 0 Å². The second-order valence-electron chi connectivity index (χ2n) is 6.43. The minimum Gasteiger partial charge on any atom is -0.389 e. The highest BCUT2D eigenvalue weighted by atomic mass is 32.2. The van der Waals surface area contributed by atoms with Crippen LogP contribution < -0.4 is 0 Å². The highest BCUT2D eigenvalue weighted by Gasteiger charge is 2.33. The van der Waals surface area contributed by atoms with Crippen LogP contribution in [-0.2, 0) is 14.6 Å². The van der Waals surface area contributed by atoms with E-state index in [1.54, 1.807) is 0 Å². The van der Waals surface area contributed by atoms with Gasteiger partial charge in [0.25, 0.3) is 0 Å². The van der Waals surface area contributed by atoms with E-state index in [1.165, 1.54) is 0 Å². The summed E-state index contributed by atoms with van der Waals surface area (Å²) >= 11 is 0. The van der Waals surface area contributed by atoms with E-state index < -0.39 is 15.9 Å². The molecule has 0 saturated carbocycles.